The molecule has 0 unspecified atom stereocenters. The number of nitrogens with zero attached hydrogens (tertiary/aromatic N) is 1. The molecule has 5 heteroatoms. The van der Waals surface area contributed by atoms with E-state index in [1.165, 1.54) is 0 Å². The maximum absolute atomic E-state index is 6.02. The average molecular weight is 242 g/mol. The molecule has 0 bridgehead atoms. The molecule has 2 rings (SSSR count). The first-order chi connectivity index (χ1) is 7.75. The zero-order chi connectivity index (χ0) is 11.4. The number of halogens is 1. The normalized spacial score (nSPS) is 17.3. The Morgan fingerprint density at radius 1 is 1.50 bits per heavy atom. The first-order valence-electron chi connectivity index (χ1n) is 5.48. The van der Waals surface area contributed by atoms with Gasteiger partial charge in [-0.15, -0.1) is 0 Å². The first-order valence-corrected chi connectivity index (χ1v) is 5.86. The zero-order valence-corrected chi connectivity index (χ0v) is 9.83. The predicted octanol–water partition coefficient (Wildman–Crippen LogP) is 2.16. The molecule has 0 spiro atoms. The third kappa shape index (κ3) is 3.00. The highest BCUT2D eigenvalue weighted by atomic mass is 35.5. The predicted molar refractivity (Wildman–Crippen MR) is 65.7 cm³/mol. The lowest BCUT2D eigenvalue weighted by Crippen LogP contribution is -2.23. The molecule has 1 aromatic heterocycles. The maximum Gasteiger partial charge on any atom is 0.144 e. The largest absolute Gasteiger partial charge is 0.397 e. The highest BCUT2D eigenvalue weighted by molar-refractivity contribution is 6.33. The molecule has 16 heavy (non-hydrogen) atoms. The molecule has 0 amide bonds. The molecule has 0 atom stereocenters. The Hall–Kier alpha value is -1.00. The van der Waals surface area contributed by atoms with E-state index in [-0.39, 0.29) is 0 Å². The van der Waals surface area contributed by atoms with Crippen LogP contribution in [-0.2, 0) is 4.74 Å². The highest BCUT2D eigenvalue weighted by Crippen LogP contribution is 2.22. The molecule has 0 aliphatic carbocycles. The molecule has 1 fully saturated rings. The minimum Gasteiger partial charge on any atom is -0.397 e. The van der Waals surface area contributed by atoms with Crippen molar-refractivity contribution in [2.24, 2.45) is 5.92 Å². The van der Waals surface area contributed by atoms with Gasteiger partial charge in [-0.05, 0) is 24.8 Å². The Kier molecular flexibility index (Phi) is 3.85. The third-order valence-electron chi connectivity index (χ3n) is 2.76. The van der Waals surface area contributed by atoms with Gasteiger partial charge in [-0.3, -0.25) is 0 Å². The van der Waals surface area contributed by atoms with E-state index in [1.807, 2.05) is 0 Å². The number of nitrogens with two attached hydrogens (primary N) is 1. The summed E-state index contributed by atoms with van der Waals surface area (Å²) in [5.41, 5.74) is 6.16. The molecule has 2 heterocycles. The van der Waals surface area contributed by atoms with Gasteiger partial charge >= 0.3 is 0 Å². The lowest BCUT2D eigenvalue weighted by atomic mass is 10.0. The van der Waals surface area contributed by atoms with E-state index < -0.39 is 0 Å². The van der Waals surface area contributed by atoms with Crippen molar-refractivity contribution in [2.75, 3.05) is 30.8 Å². The minimum absolute atomic E-state index is 0.576. The van der Waals surface area contributed by atoms with Gasteiger partial charge in [0.1, 0.15) is 5.82 Å². The quantitative estimate of drug-likeness (QED) is 0.852. The molecule has 4 nitrogen and oxygen atoms in total. The molecular formula is C11H16ClN3O. The van der Waals surface area contributed by atoms with E-state index in [0.717, 1.165) is 32.6 Å². The Bertz CT molecular complexity index is 353. The summed E-state index contributed by atoms with van der Waals surface area (Å²) in [4.78, 5) is 4.16. The van der Waals surface area contributed by atoms with Gasteiger partial charge in [-0.1, -0.05) is 11.6 Å². The van der Waals surface area contributed by atoms with Crippen LogP contribution in [-0.4, -0.2) is 24.7 Å². The SMILES string of the molecule is Nc1cnc(NCC2CCOCC2)c(Cl)c1. The Balaban J connectivity index is 1.88. The summed E-state index contributed by atoms with van der Waals surface area (Å²) in [6.45, 7) is 2.60. The van der Waals surface area contributed by atoms with Crippen molar-refractivity contribution in [3.63, 3.8) is 0 Å². The minimum atomic E-state index is 0.576. The van der Waals surface area contributed by atoms with E-state index in [4.69, 9.17) is 22.1 Å². The fourth-order valence-electron chi connectivity index (χ4n) is 1.77. The van der Waals surface area contributed by atoms with E-state index in [1.54, 1.807) is 12.3 Å². The molecule has 1 aromatic rings. The molecule has 1 aliphatic rings. The fraction of sp³-hybridized carbons (Fsp3) is 0.545. The van der Waals surface area contributed by atoms with Crippen LogP contribution < -0.4 is 11.1 Å². The van der Waals surface area contributed by atoms with Crippen molar-refractivity contribution in [3.05, 3.63) is 17.3 Å². The lowest BCUT2D eigenvalue weighted by Gasteiger charge is -2.22. The van der Waals surface area contributed by atoms with E-state index in [9.17, 15) is 0 Å². The molecule has 1 saturated heterocycles. The maximum atomic E-state index is 6.02. The molecular weight excluding hydrogens is 226 g/mol. The number of anilines is 2. The highest BCUT2D eigenvalue weighted by Gasteiger charge is 2.14. The van der Waals surface area contributed by atoms with Crippen LogP contribution in [0.5, 0.6) is 0 Å². The number of aromatic nitrogens is 1. The van der Waals surface area contributed by atoms with Crippen LogP contribution in [0.25, 0.3) is 0 Å². The average Bonchev–Trinajstić information content (AvgIpc) is 2.29. The molecule has 0 aromatic carbocycles. The van der Waals surface area contributed by atoms with Crippen LogP contribution >= 0.6 is 11.6 Å². The monoisotopic (exact) mass is 241 g/mol. The fourth-order valence-corrected chi connectivity index (χ4v) is 2.02. The van der Waals surface area contributed by atoms with Gasteiger partial charge < -0.3 is 15.8 Å². The zero-order valence-electron chi connectivity index (χ0n) is 9.08. The number of hydrogen-bond acceptors (Lipinski definition) is 4. The van der Waals surface area contributed by atoms with Crippen LogP contribution in [0, 0.1) is 5.92 Å². The number of pyridine rings is 1. The summed E-state index contributed by atoms with van der Waals surface area (Å²) < 4.78 is 5.31. The standard InChI is InChI=1S/C11H16ClN3O/c12-10-5-9(13)7-15-11(10)14-6-8-1-3-16-4-2-8/h5,7-8H,1-4,6,13H2,(H,14,15). The van der Waals surface area contributed by atoms with E-state index in [2.05, 4.69) is 10.3 Å². The van der Waals surface area contributed by atoms with Crippen molar-refractivity contribution in [1.29, 1.82) is 0 Å². The van der Waals surface area contributed by atoms with Gasteiger partial charge in [0, 0.05) is 19.8 Å². The molecule has 88 valence electrons. The Morgan fingerprint density at radius 2 is 2.25 bits per heavy atom. The van der Waals surface area contributed by atoms with Gasteiger partial charge in [0.05, 0.1) is 16.9 Å². The first kappa shape index (κ1) is 11.5. The Labute approximate surface area is 100 Å². The Morgan fingerprint density at radius 3 is 2.94 bits per heavy atom. The summed E-state index contributed by atoms with van der Waals surface area (Å²) in [6, 6.07) is 1.71. The van der Waals surface area contributed by atoms with Gasteiger partial charge in [0.2, 0.25) is 0 Å². The summed E-state index contributed by atoms with van der Waals surface area (Å²) in [5, 5.41) is 3.83. The molecule has 0 radical (unpaired) electrons. The second kappa shape index (κ2) is 5.37. The van der Waals surface area contributed by atoms with Crippen molar-refractivity contribution in [3.8, 4) is 0 Å². The summed E-state index contributed by atoms with van der Waals surface area (Å²) in [7, 11) is 0. The van der Waals surface area contributed by atoms with Crippen molar-refractivity contribution < 1.29 is 4.74 Å². The van der Waals surface area contributed by atoms with Crippen LogP contribution in [0.4, 0.5) is 11.5 Å². The topological polar surface area (TPSA) is 60.2 Å². The third-order valence-corrected chi connectivity index (χ3v) is 3.05. The second-order valence-electron chi connectivity index (χ2n) is 4.04. The number of nitrogens with one attached hydrogen (secondary N) is 1. The number of hydrogen-bond donors (Lipinski definition) is 2. The van der Waals surface area contributed by atoms with Crippen LogP contribution in [0.1, 0.15) is 12.8 Å². The van der Waals surface area contributed by atoms with Crippen molar-refractivity contribution in [2.45, 2.75) is 12.8 Å². The van der Waals surface area contributed by atoms with E-state index in [0.29, 0.717) is 22.4 Å². The molecule has 1 aliphatic heterocycles. The molecule has 0 saturated carbocycles. The molecule has 3 N–H and O–H groups in total. The van der Waals surface area contributed by atoms with Gasteiger partial charge in [-0.25, -0.2) is 4.98 Å². The second-order valence-corrected chi connectivity index (χ2v) is 4.44. The smallest absolute Gasteiger partial charge is 0.144 e. The van der Waals surface area contributed by atoms with E-state index >= 15 is 0 Å². The van der Waals surface area contributed by atoms with Crippen LogP contribution in [0.2, 0.25) is 5.02 Å². The number of nitrogen functional groups attached to an aromatic ring is 1. The number of rotatable bonds is 3. The summed E-state index contributed by atoms with van der Waals surface area (Å²) in [6.07, 6.45) is 3.80. The van der Waals surface area contributed by atoms with Gasteiger partial charge in [-0.2, -0.15) is 0 Å². The van der Waals surface area contributed by atoms with Gasteiger partial charge in [0.15, 0.2) is 0 Å². The summed E-state index contributed by atoms with van der Waals surface area (Å²) in [5.74, 6) is 1.35. The van der Waals surface area contributed by atoms with Crippen molar-refractivity contribution >= 4 is 23.1 Å². The summed E-state index contributed by atoms with van der Waals surface area (Å²) >= 11 is 6.02. The van der Waals surface area contributed by atoms with Gasteiger partial charge in [0.25, 0.3) is 0 Å². The van der Waals surface area contributed by atoms with Crippen LogP contribution in [0.3, 0.4) is 0 Å². The number of ether oxygens (including phenoxy) is 1. The van der Waals surface area contributed by atoms with Crippen LogP contribution in [0.15, 0.2) is 12.3 Å². The lowest BCUT2D eigenvalue weighted by molar-refractivity contribution is 0.0699. The van der Waals surface area contributed by atoms with Crippen molar-refractivity contribution in [1.82, 2.24) is 4.98 Å².